The van der Waals surface area contributed by atoms with Crippen molar-refractivity contribution < 1.29 is 24.3 Å². The van der Waals surface area contributed by atoms with Crippen molar-refractivity contribution in [2.75, 3.05) is 4.90 Å². The molecule has 0 bridgehead atoms. The predicted molar refractivity (Wildman–Crippen MR) is 146 cm³/mol. The summed E-state index contributed by atoms with van der Waals surface area (Å²) in [5, 5.41) is 11.0. The van der Waals surface area contributed by atoms with Crippen LogP contribution in [0.4, 0.5) is 5.69 Å². The van der Waals surface area contributed by atoms with E-state index in [1.165, 1.54) is 11.0 Å². The van der Waals surface area contributed by atoms with E-state index in [0.29, 0.717) is 34.4 Å². The summed E-state index contributed by atoms with van der Waals surface area (Å²) >= 11 is 3.23. The molecule has 0 aromatic heterocycles. The third-order valence-electron chi connectivity index (χ3n) is 8.30. The zero-order chi connectivity index (χ0) is 26.9. The number of rotatable bonds is 3. The highest BCUT2D eigenvalue weighted by molar-refractivity contribution is 9.12. The highest BCUT2D eigenvalue weighted by Gasteiger charge is 2.56. The van der Waals surface area contributed by atoms with Gasteiger partial charge in [0, 0.05) is 28.7 Å². The van der Waals surface area contributed by atoms with Gasteiger partial charge in [-0.1, -0.05) is 54.6 Å². The third kappa shape index (κ3) is 3.45. The molecule has 0 saturated carbocycles. The molecule has 7 heteroatoms. The number of ketones is 2. The number of allylic oxidation sites excluding steroid dienone is 6. The molecule has 6 nitrogen and oxygen atoms in total. The number of halogens is 1. The topological polar surface area (TPSA) is 91.8 Å². The standard InChI is InChI=1S/C31H24BrNO5/c1-3-16-7-9-17(10-8-16)33-30(37)20-12-11-18-21(26(20)31(33)38)13-22-27(24(34)14-23(32)29(22)36)25(18)19-6-4-5-15(2)28(19)35/h3-11,14,20-21,25-26,35H,1,12-13H2,2H3. The number of carbonyl (C=O) groups excluding carboxylic acids is 4. The first-order valence-electron chi connectivity index (χ1n) is 12.5. The minimum Gasteiger partial charge on any atom is -0.507 e. The summed E-state index contributed by atoms with van der Waals surface area (Å²) < 4.78 is 0.172. The molecule has 0 spiro atoms. The summed E-state index contributed by atoms with van der Waals surface area (Å²) in [4.78, 5) is 55.3. The van der Waals surface area contributed by atoms with Crippen LogP contribution in [0.3, 0.4) is 0 Å². The second kappa shape index (κ2) is 8.88. The first-order chi connectivity index (χ1) is 18.2. The summed E-state index contributed by atoms with van der Waals surface area (Å²) in [6.45, 7) is 5.53. The van der Waals surface area contributed by atoms with Gasteiger partial charge in [-0.25, -0.2) is 0 Å². The molecule has 3 aliphatic carbocycles. The van der Waals surface area contributed by atoms with Gasteiger partial charge in [-0.15, -0.1) is 0 Å². The number of phenols is 1. The monoisotopic (exact) mass is 569 g/mol. The lowest BCUT2D eigenvalue weighted by Gasteiger charge is -2.42. The number of anilines is 1. The van der Waals surface area contributed by atoms with E-state index in [0.717, 1.165) is 11.1 Å². The molecule has 1 N–H and O–H groups in total. The molecule has 4 aliphatic rings. The van der Waals surface area contributed by atoms with Crippen molar-refractivity contribution in [1.82, 2.24) is 0 Å². The van der Waals surface area contributed by atoms with Crippen molar-refractivity contribution in [2.24, 2.45) is 17.8 Å². The Morgan fingerprint density at radius 1 is 1.03 bits per heavy atom. The first kappa shape index (κ1) is 24.5. The fourth-order valence-corrected chi connectivity index (χ4v) is 6.94. The van der Waals surface area contributed by atoms with Crippen LogP contribution in [0.15, 0.2) is 82.4 Å². The molecule has 2 aromatic rings. The van der Waals surface area contributed by atoms with Crippen LogP contribution in [0.1, 0.15) is 35.4 Å². The lowest BCUT2D eigenvalue weighted by atomic mass is 9.59. The number of hydrogen-bond donors (Lipinski definition) is 1. The second-order valence-corrected chi connectivity index (χ2v) is 11.1. The Hall–Kier alpha value is -3.84. The van der Waals surface area contributed by atoms with Crippen molar-refractivity contribution in [2.45, 2.75) is 25.7 Å². The Morgan fingerprint density at radius 3 is 2.47 bits per heavy atom. The largest absolute Gasteiger partial charge is 0.507 e. The van der Waals surface area contributed by atoms with E-state index >= 15 is 0 Å². The van der Waals surface area contributed by atoms with Gasteiger partial charge in [0.2, 0.25) is 11.8 Å². The number of benzene rings is 2. The SMILES string of the molecule is C=Cc1ccc(N2C(=O)C3CC=C4C(c5cccc(C)c5O)C5=C(CC4C3C2=O)C(=O)C(Br)=CC5=O)cc1. The number of fused-ring (bicyclic) bond motifs is 3. The quantitative estimate of drug-likeness (QED) is 0.307. The Labute approximate surface area is 228 Å². The Bertz CT molecular complexity index is 1560. The van der Waals surface area contributed by atoms with E-state index in [-0.39, 0.29) is 40.0 Å². The summed E-state index contributed by atoms with van der Waals surface area (Å²) in [7, 11) is 0. The van der Waals surface area contributed by atoms with Gasteiger partial charge in [-0.05, 0) is 64.9 Å². The van der Waals surface area contributed by atoms with E-state index in [2.05, 4.69) is 22.5 Å². The van der Waals surface area contributed by atoms with Crippen molar-refractivity contribution in [3.63, 3.8) is 0 Å². The molecule has 1 aliphatic heterocycles. The zero-order valence-electron chi connectivity index (χ0n) is 20.6. The van der Waals surface area contributed by atoms with E-state index in [1.807, 2.05) is 6.08 Å². The molecular weight excluding hydrogens is 546 g/mol. The van der Waals surface area contributed by atoms with Gasteiger partial charge in [-0.2, -0.15) is 0 Å². The molecule has 1 saturated heterocycles. The number of imide groups is 1. The van der Waals surface area contributed by atoms with Crippen molar-refractivity contribution >= 4 is 51.1 Å². The van der Waals surface area contributed by atoms with Crippen LogP contribution in [0.25, 0.3) is 6.08 Å². The van der Waals surface area contributed by atoms with Crippen LogP contribution in [-0.4, -0.2) is 28.5 Å². The molecule has 190 valence electrons. The van der Waals surface area contributed by atoms with Gasteiger partial charge in [0.1, 0.15) is 5.75 Å². The normalized spacial score (nSPS) is 26.5. The number of aromatic hydroxyl groups is 1. The predicted octanol–water partition coefficient (Wildman–Crippen LogP) is 5.31. The minimum absolute atomic E-state index is 0.0552. The van der Waals surface area contributed by atoms with Crippen molar-refractivity contribution in [3.05, 3.63) is 99.1 Å². The van der Waals surface area contributed by atoms with Gasteiger partial charge in [-0.3, -0.25) is 24.1 Å². The summed E-state index contributed by atoms with van der Waals surface area (Å²) in [5.41, 5.74) is 4.03. The Balaban J connectivity index is 1.49. The van der Waals surface area contributed by atoms with Crippen LogP contribution < -0.4 is 4.90 Å². The number of aryl methyl sites for hydroxylation is 1. The summed E-state index contributed by atoms with van der Waals surface area (Å²) in [5.74, 6) is -3.47. The first-order valence-corrected chi connectivity index (χ1v) is 13.3. The molecule has 0 radical (unpaired) electrons. The van der Waals surface area contributed by atoms with Crippen LogP contribution in [0, 0.1) is 24.7 Å². The summed E-state index contributed by atoms with van der Waals surface area (Å²) in [6.07, 6.45) is 5.45. The number of Topliss-reactive ketones (excluding diaryl/α,β-unsaturated/α-hetero) is 1. The Morgan fingerprint density at radius 2 is 1.76 bits per heavy atom. The number of phenolic OH excluding ortho intramolecular Hbond substituents is 1. The van der Waals surface area contributed by atoms with Crippen LogP contribution in [0.2, 0.25) is 0 Å². The fourth-order valence-electron chi connectivity index (χ4n) is 6.49. The van der Waals surface area contributed by atoms with E-state index < -0.39 is 23.7 Å². The second-order valence-electron chi connectivity index (χ2n) is 10.2. The lowest BCUT2D eigenvalue weighted by Crippen LogP contribution is -2.39. The maximum atomic E-state index is 13.9. The van der Waals surface area contributed by atoms with Crippen LogP contribution >= 0.6 is 15.9 Å². The Kier molecular flexibility index (Phi) is 5.72. The highest BCUT2D eigenvalue weighted by Crippen LogP contribution is 2.56. The molecule has 1 fully saturated rings. The molecule has 6 rings (SSSR count). The molecule has 2 amide bonds. The van der Waals surface area contributed by atoms with E-state index in [9.17, 15) is 24.3 Å². The van der Waals surface area contributed by atoms with Gasteiger partial charge in [0.05, 0.1) is 22.0 Å². The molecule has 4 unspecified atom stereocenters. The zero-order valence-corrected chi connectivity index (χ0v) is 22.2. The van der Waals surface area contributed by atoms with Crippen LogP contribution in [0.5, 0.6) is 5.75 Å². The van der Waals surface area contributed by atoms with Crippen molar-refractivity contribution in [3.8, 4) is 5.75 Å². The number of carbonyl (C=O) groups is 4. The average Bonchev–Trinajstić information content (AvgIpc) is 3.17. The number of para-hydroxylation sites is 1. The third-order valence-corrected chi connectivity index (χ3v) is 8.89. The van der Waals surface area contributed by atoms with Gasteiger partial charge >= 0.3 is 0 Å². The van der Waals surface area contributed by atoms with Gasteiger partial charge < -0.3 is 5.11 Å². The van der Waals surface area contributed by atoms with Gasteiger partial charge in [0.25, 0.3) is 0 Å². The molecule has 4 atom stereocenters. The van der Waals surface area contributed by atoms with E-state index in [4.69, 9.17) is 0 Å². The maximum Gasteiger partial charge on any atom is 0.238 e. The van der Waals surface area contributed by atoms with Gasteiger partial charge in [0.15, 0.2) is 11.6 Å². The minimum atomic E-state index is -0.679. The molecule has 2 aromatic carbocycles. The average molecular weight is 570 g/mol. The van der Waals surface area contributed by atoms with E-state index in [1.54, 1.807) is 55.5 Å². The fraction of sp³-hybridized carbons (Fsp3) is 0.226. The van der Waals surface area contributed by atoms with Crippen molar-refractivity contribution in [1.29, 1.82) is 0 Å². The smallest absolute Gasteiger partial charge is 0.238 e. The molecular formula is C31H24BrNO5. The molecule has 38 heavy (non-hydrogen) atoms. The van der Waals surface area contributed by atoms with Crippen LogP contribution in [-0.2, 0) is 19.2 Å². The molecule has 1 heterocycles. The maximum absolute atomic E-state index is 13.9. The number of amides is 2. The number of nitrogens with zero attached hydrogens (tertiary/aromatic N) is 1. The lowest BCUT2D eigenvalue weighted by molar-refractivity contribution is -0.123. The highest BCUT2D eigenvalue weighted by atomic mass is 79.9. The summed E-state index contributed by atoms with van der Waals surface area (Å²) in [6, 6.07) is 12.4. The number of hydrogen-bond acceptors (Lipinski definition) is 5.